The second kappa shape index (κ2) is 6.39. The van der Waals surface area contributed by atoms with Gasteiger partial charge in [0.2, 0.25) is 0 Å². The molecule has 0 bridgehead atoms. The first kappa shape index (κ1) is 11.0. The SMILES string of the molecule is CCC(N)/C=C/CCc1ccccc1. The third kappa shape index (κ3) is 4.24. The first-order valence-electron chi connectivity index (χ1n) is 5.29. The highest BCUT2D eigenvalue weighted by Gasteiger charge is 1.91. The van der Waals surface area contributed by atoms with Crippen LogP contribution < -0.4 is 5.73 Å². The number of rotatable bonds is 5. The maximum Gasteiger partial charge on any atom is 0.0221 e. The van der Waals surface area contributed by atoms with E-state index in [2.05, 4.69) is 43.3 Å². The topological polar surface area (TPSA) is 26.0 Å². The zero-order valence-electron chi connectivity index (χ0n) is 8.82. The average molecular weight is 189 g/mol. The van der Waals surface area contributed by atoms with Gasteiger partial charge in [-0.1, -0.05) is 49.4 Å². The normalized spacial score (nSPS) is 13.3. The lowest BCUT2D eigenvalue weighted by atomic mass is 10.1. The van der Waals surface area contributed by atoms with Crippen molar-refractivity contribution < 1.29 is 0 Å². The van der Waals surface area contributed by atoms with Crippen LogP contribution in [0.15, 0.2) is 42.5 Å². The highest BCUT2D eigenvalue weighted by atomic mass is 14.6. The van der Waals surface area contributed by atoms with Gasteiger partial charge in [0.1, 0.15) is 0 Å². The molecule has 0 saturated heterocycles. The van der Waals surface area contributed by atoms with E-state index in [4.69, 9.17) is 5.73 Å². The number of allylic oxidation sites excluding steroid dienone is 1. The van der Waals surface area contributed by atoms with E-state index in [1.165, 1.54) is 5.56 Å². The Balaban J connectivity index is 2.25. The molecule has 1 rings (SSSR count). The van der Waals surface area contributed by atoms with Gasteiger partial charge >= 0.3 is 0 Å². The summed E-state index contributed by atoms with van der Waals surface area (Å²) in [5, 5.41) is 0. The minimum atomic E-state index is 0.228. The quantitative estimate of drug-likeness (QED) is 0.708. The zero-order valence-corrected chi connectivity index (χ0v) is 8.82. The highest BCUT2D eigenvalue weighted by Crippen LogP contribution is 2.03. The van der Waals surface area contributed by atoms with Crippen molar-refractivity contribution >= 4 is 0 Å². The Labute approximate surface area is 86.6 Å². The third-order valence-electron chi connectivity index (χ3n) is 2.30. The van der Waals surface area contributed by atoms with Crippen LogP contribution in [0.4, 0.5) is 0 Å². The first-order chi connectivity index (χ1) is 6.83. The third-order valence-corrected chi connectivity index (χ3v) is 2.30. The minimum Gasteiger partial charge on any atom is -0.324 e. The monoisotopic (exact) mass is 189 g/mol. The van der Waals surface area contributed by atoms with Crippen LogP contribution in [0, 0.1) is 0 Å². The fraction of sp³-hybridized carbons (Fsp3) is 0.385. The molecule has 0 heterocycles. The van der Waals surface area contributed by atoms with Crippen LogP contribution in [0.5, 0.6) is 0 Å². The molecule has 14 heavy (non-hydrogen) atoms. The molecule has 1 atom stereocenters. The summed E-state index contributed by atoms with van der Waals surface area (Å²) in [7, 11) is 0. The highest BCUT2D eigenvalue weighted by molar-refractivity contribution is 5.15. The smallest absolute Gasteiger partial charge is 0.0221 e. The lowest BCUT2D eigenvalue weighted by Gasteiger charge is -2.00. The Morgan fingerprint density at radius 2 is 2.00 bits per heavy atom. The molecule has 2 N–H and O–H groups in total. The summed E-state index contributed by atoms with van der Waals surface area (Å²) in [6.07, 6.45) is 7.48. The van der Waals surface area contributed by atoms with Gasteiger partial charge in [0.25, 0.3) is 0 Å². The van der Waals surface area contributed by atoms with Gasteiger partial charge in [0.05, 0.1) is 0 Å². The van der Waals surface area contributed by atoms with Crippen molar-refractivity contribution in [3.05, 3.63) is 48.0 Å². The molecule has 0 aliphatic carbocycles. The van der Waals surface area contributed by atoms with Crippen LogP contribution in [0.3, 0.4) is 0 Å². The van der Waals surface area contributed by atoms with Crippen molar-refractivity contribution in [3.63, 3.8) is 0 Å². The summed E-state index contributed by atoms with van der Waals surface area (Å²) >= 11 is 0. The average Bonchev–Trinajstić information content (AvgIpc) is 2.25. The van der Waals surface area contributed by atoms with Crippen molar-refractivity contribution in [3.8, 4) is 0 Å². The Morgan fingerprint density at radius 3 is 2.64 bits per heavy atom. The second-order valence-electron chi connectivity index (χ2n) is 3.52. The van der Waals surface area contributed by atoms with Crippen LogP contribution in [-0.4, -0.2) is 6.04 Å². The fourth-order valence-corrected chi connectivity index (χ4v) is 1.30. The summed E-state index contributed by atoms with van der Waals surface area (Å²) in [6.45, 7) is 2.10. The Hall–Kier alpha value is -1.08. The summed E-state index contributed by atoms with van der Waals surface area (Å²) in [5.74, 6) is 0. The predicted octanol–water partition coefficient (Wildman–Crippen LogP) is 2.91. The van der Waals surface area contributed by atoms with E-state index in [1.807, 2.05) is 6.07 Å². The van der Waals surface area contributed by atoms with E-state index in [1.54, 1.807) is 0 Å². The van der Waals surface area contributed by atoms with Crippen LogP contribution in [0.25, 0.3) is 0 Å². The molecular weight excluding hydrogens is 170 g/mol. The van der Waals surface area contributed by atoms with Gasteiger partial charge in [0, 0.05) is 6.04 Å². The van der Waals surface area contributed by atoms with E-state index >= 15 is 0 Å². The number of nitrogens with two attached hydrogens (primary N) is 1. The van der Waals surface area contributed by atoms with Crippen LogP contribution in [0.2, 0.25) is 0 Å². The standard InChI is InChI=1S/C13H19N/c1-2-13(14)11-7-6-10-12-8-4-3-5-9-12/h3-5,7-9,11,13H,2,6,10,14H2,1H3/b11-7+. The molecule has 0 fully saturated rings. The van der Waals surface area contributed by atoms with Gasteiger partial charge in [-0.15, -0.1) is 0 Å². The fourth-order valence-electron chi connectivity index (χ4n) is 1.30. The molecular formula is C13H19N. The van der Waals surface area contributed by atoms with Crippen molar-refractivity contribution in [2.75, 3.05) is 0 Å². The van der Waals surface area contributed by atoms with Crippen molar-refractivity contribution in [1.29, 1.82) is 0 Å². The lowest BCUT2D eigenvalue weighted by molar-refractivity contribution is 0.777. The molecule has 0 radical (unpaired) electrons. The molecule has 1 unspecified atom stereocenters. The Bertz CT molecular complexity index is 264. The maximum absolute atomic E-state index is 5.77. The molecule has 0 aromatic heterocycles. The van der Waals surface area contributed by atoms with Gasteiger partial charge in [-0.05, 0) is 24.8 Å². The molecule has 0 amide bonds. The predicted molar refractivity (Wildman–Crippen MR) is 62.2 cm³/mol. The molecule has 1 nitrogen and oxygen atoms in total. The number of benzene rings is 1. The summed E-state index contributed by atoms with van der Waals surface area (Å²) in [5.41, 5.74) is 7.16. The van der Waals surface area contributed by atoms with Crippen LogP contribution in [-0.2, 0) is 6.42 Å². The van der Waals surface area contributed by atoms with Gasteiger partial charge < -0.3 is 5.73 Å². The van der Waals surface area contributed by atoms with Crippen LogP contribution in [0.1, 0.15) is 25.3 Å². The van der Waals surface area contributed by atoms with E-state index in [0.717, 1.165) is 19.3 Å². The molecule has 1 heteroatoms. The first-order valence-corrected chi connectivity index (χ1v) is 5.29. The van der Waals surface area contributed by atoms with E-state index < -0.39 is 0 Å². The molecule has 0 aliphatic rings. The van der Waals surface area contributed by atoms with Crippen LogP contribution >= 0.6 is 0 Å². The zero-order chi connectivity index (χ0) is 10.2. The van der Waals surface area contributed by atoms with Gasteiger partial charge in [-0.2, -0.15) is 0 Å². The molecule has 0 aliphatic heterocycles. The Morgan fingerprint density at radius 1 is 1.29 bits per heavy atom. The molecule has 0 spiro atoms. The summed E-state index contributed by atoms with van der Waals surface area (Å²) in [6, 6.07) is 10.8. The van der Waals surface area contributed by atoms with Gasteiger partial charge in [-0.3, -0.25) is 0 Å². The van der Waals surface area contributed by atoms with Gasteiger partial charge in [-0.25, -0.2) is 0 Å². The number of aryl methyl sites for hydroxylation is 1. The van der Waals surface area contributed by atoms with Crippen molar-refractivity contribution in [2.45, 2.75) is 32.2 Å². The number of hydrogen-bond acceptors (Lipinski definition) is 1. The summed E-state index contributed by atoms with van der Waals surface area (Å²) < 4.78 is 0. The summed E-state index contributed by atoms with van der Waals surface area (Å²) in [4.78, 5) is 0. The van der Waals surface area contributed by atoms with Gasteiger partial charge in [0.15, 0.2) is 0 Å². The lowest BCUT2D eigenvalue weighted by Crippen LogP contribution is -2.14. The Kier molecular flexibility index (Phi) is 5.02. The van der Waals surface area contributed by atoms with Crippen molar-refractivity contribution in [2.24, 2.45) is 5.73 Å². The second-order valence-corrected chi connectivity index (χ2v) is 3.52. The van der Waals surface area contributed by atoms with E-state index in [9.17, 15) is 0 Å². The minimum absolute atomic E-state index is 0.228. The van der Waals surface area contributed by atoms with E-state index in [0.29, 0.717) is 0 Å². The van der Waals surface area contributed by atoms with E-state index in [-0.39, 0.29) is 6.04 Å². The molecule has 76 valence electrons. The largest absolute Gasteiger partial charge is 0.324 e. The maximum atomic E-state index is 5.77. The molecule has 0 saturated carbocycles. The molecule has 1 aromatic carbocycles. The van der Waals surface area contributed by atoms with Crippen molar-refractivity contribution in [1.82, 2.24) is 0 Å². The molecule has 1 aromatic rings. The number of hydrogen-bond donors (Lipinski definition) is 1.